The van der Waals surface area contributed by atoms with Crippen LogP contribution >= 0.6 is 11.6 Å². The van der Waals surface area contributed by atoms with Crippen LogP contribution in [0.15, 0.2) is 65.1 Å². The van der Waals surface area contributed by atoms with Crippen molar-refractivity contribution in [2.75, 3.05) is 0 Å². The lowest BCUT2D eigenvalue weighted by Gasteiger charge is -2.09. The number of hydrogen-bond acceptors (Lipinski definition) is 4. The number of furan rings is 1. The van der Waals surface area contributed by atoms with Crippen LogP contribution in [-0.2, 0) is 0 Å². The average Bonchev–Trinajstić information content (AvgIpc) is 3.07. The van der Waals surface area contributed by atoms with Crippen molar-refractivity contribution < 1.29 is 4.42 Å². The van der Waals surface area contributed by atoms with Crippen LogP contribution in [0, 0.1) is 0 Å². The van der Waals surface area contributed by atoms with Crippen molar-refractivity contribution in [2.24, 2.45) is 0 Å². The molecule has 1 aliphatic carbocycles. The number of para-hydroxylation sites is 1. The van der Waals surface area contributed by atoms with E-state index in [-0.39, 0.29) is 5.28 Å². The fourth-order valence-corrected chi connectivity index (χ4v) is 3.52. The molecular weight excluding hydrogens is 346 g/mol. The van der Waals surface area contributed by atoms with E-state index in [1.807, 2.05) is 54.6 Å². The lowest BCUT2D eigenvalue weighted by molar-refractivity contribution is 0.669. The van der Waals surface area contributed by atoms with Gasteiger partial charge in [0.15, 0.2) is 11.6 Å². The van der Waals surface area contributed by atoms with E-state index in [4.69, 9.17) is 21.0 Å². The fourth-order valence-electron chi connectivity index (χ4n) is 3.36. The number of nitrogens with zero attached hydrogens (tertiary/aromatic N) is 3. The highest BCUT2D eigenvalue weighted by Gasteiger charge is 2.17. The van der Waals surface area contributed by atoms with E-state index >= 15 is 0 Å². The normalized spacial score (nSPS) is 14.1. The summed E-state index contributed by atoms with van der Waals surface area (Å²) in [7, 11) is 0. The molecule has 0 saturated carbocycles. The van der Waals surface area contributed by atoms with Crippen LogP contribution in [0.2, 0.25) is 5.28 Å². The van der Waals surface area contributed by atoms with E-state index in [0.717, 1.165) is 45.9 Å². The smallest absolute Gasteiger partial charge is 0.226 e. The molecule has 0 atom stereocenters. The van der Waals surface area contributed by atoms with Gasteiger partial charge in [0.25, 0.3) is 0 Å². The summed E-state index contributed by atoms with van der Waals surface area (Å²) in [5.41, 5.74) is 3.62. The Balaban J connectivity index is 1.77. The Labute approximate surface area is 154 Å². The van der Waals surface area contributed by atoms with Crippen LogP contribution < -0.4 is 0 Å². The van der Waals surface area contributed by atoms with Crippen LogP contribution in [0.5, 0.6) is 0 Å². The second kappa shape index (κ2) is 6.07. The Morgan fingerprint density at radius 1 is 0.885 bits per heavy atom. The second-order valence-corrected chi connectivity index (χ2v) is 6.53. The molecule has 0 bridgehead atoms. The number of benzene rings is 2. The molecule has 0 N–H and O–H groups in total. The summed E-state index contributed by atoms with van der Waals surface area (Å²) >= 11 is 6.23. The lowest BCUT2D eigenvalue weighted by atomic mass is 10.0. The van der Waals surface area contributed by atoms with Crippen LogP contribution in [0.3, 0.4) is 0 Å². The Morgan fingerprint density at radius 3 is 2.62 bits per heavy atom. The fraction of sp³-hybridized carbons (Fsp3) is 0.0952. The van der Waals surface area contributed by atoms with Crippen molar-refractivity contribution in [3.63, 3.8) is 0 Å². The molecule has 0 fully saturated rings. The topological polar surface area (TPSA) is 51.8 Å². The van der Waals surface area contributed by atoms with Crippen molar-refractivity contribution >= 4 is 39.1 Å². The van der Waals surface area contributed by atoms with Crippen molar-refractivity contribution in [1.82, 2.24) is 15.0 Å². The highest BCUT2D eigenvalue weighted by molar-refractivity contribution is 6.28. The quantitative estimate of drug-likeness (QED) is 0.452. The van der Waals surface area contributed by atoms with Gasteiger partial charge in [-0.15, -0.1) is 0 Å². The van der Waals surface area contributed by atoms with Gasteiger partial charge in [-0.3, -0.25) is 0 Å². The minimum atomic E-state index is 0.199. The van der Waals surface area contributed by atoms with Gasteiger partial charge >= 0.3 is 0 Å². The summed E-state index contributed by atoms with van der Waals surface area (Å²) in [6.45, 7) is 0. The number of fused-ring (bicyclic) bond motifs is 3. The van der Waals surface area contributed by atoms with Gasteiger partial charge in [-0.2, -0.15) is 9.97 Å². The predicted octanol–water partition coefficient (Wildman–Crippen LogP) is 5.82. The molecule has 0 saturated heterocycles. The van der Waals surface area contributed by atoms with Crippen LogP contribution in [0.25, 0.3) is 38.9 Å². The van der Waals surface area contributed by atoms with E-state index in [1.54, 1.807) is 0 Å². The van der Waals surface area contributed by atoms with E-state index in [2.05, 4.69) is 16.0 Å². The van der Waals surface area contributed by atoms with E-state index in [0.29, 0.717) is 11.6 Å². The third-order valence-corrected chi connectivity index (χ3v) is 4.72. The maximum absolute atomic E-state index is 6.23. The summed E-state index contributed by atoms with van der Waals surface area (Å²) in [5.74, 6) is 1.20. The summed E-state index contributed by atoms with van der Waals surface area (Å²) in [5, 5.41) is 2.23. The average molecular weight is 360 g/mol. The minimum absolute atomic E-state index is 0.199. The molecule has 0 spiro atoms. The number of rotatable bonds is 2. The zero-order chi connectivity index (χ0) is 17.5. The van der Waals surface area contributed by atoms with E-state index in [1.165, 1.54) is 0 Å². The molecule has 126 valence electrons. The maximum atomic E-state index is 6.23. The third-order valence-electron chi connectivity index (χ3n) is 4.55. The first-order valence-corrected chi connectivity index (χ1v) is 8.86. The van der Waals surface area contributed by atoms with Crippen molar-refractivity contribution in [3.8, 4) is 11.4 Å². The summed E-state index contributed by atoms with van der Waals surface area (Å²) in [6, 6.07) is 13.9. The van der Waals surface area contributed by atoms with Gasteiger partial charge in [0, 0.05) is 16.3 Å². The predicted molar refractivity (Wildman–Crippen MR) is 104 cm³/mol. The first-order chi connectivity index (χ1) is 12.8. The van der Waals surface area contributed by atoms with Gasteiger partial charge in [-0.1, -0.05) is 48.6 Å². The summed E-state index contributed by atoms with van der Waals surface area (Å²) < 4.78 is 5.97. The van der Waals surface area contributed by atoms with Gasteiger partial charge in [0.05, 0.1) is 0 Å². The highest BCUT2D eigenvalue weighted by atomic mass is 35.5. The summed E-state index contributed by atoms with van der Waals surface area (Å²) in [6.07, 6.45) is 8.07. The molecule has 2 aromatic heterocycles. The standard InChI is InChI=1S/C21H14ClN3O/c22-21-24-19(13-7-2-1-3-8-13)23-20(25-21)15-10-6-12-17-18(15)14-9-4-5-11-16(14)26-17/h1-2,4-7,9-12H,3,8H2. The van der Waals surface area contributed by atoms with Crippen molar-refractivity contribution in [3.05, 3.63) is 71.8 Å². The monoisotopic (exact) mass is 359 g/mol. The van der Waals surface area contributed by atoms with Crippen LogP contribution in [-0.4, -0.2) is 15.0 Å². The Morgan fingerprint density at radius 2 is 1.73 bits per heavy atom. The molecule has 0 amide bonds. The summed E-state index contributed by atoms with van der Waals surface area (Å²) in [4.78, 5) is 13.4. The van der Waals surface area contributed by atoms with Gasteiger partial charge < -0.3 is 4.42 Å². The lowest BCUT2D eigenvalue weighted by Crippen LogP contribution is -2.01. The van der Waals surface area contributed by atoms with E-state index in [9.17, 15) is 0 Å². The van der Waals surface area contributed by atoms with Crippen LogP contribution in [0.4, 0.5) is 0 Å². The molecule has 0 aliphatic heterocycles. The second-order valence-electron chi connectivity index (χ2n) is 6.19. The molecule has 26 heavy (non-hydrogen) atoms. The third kappa shape index (κ3) is 2.50. The molecule has 1 aliphatic rings. The molecule has 2 aromatic carbocycles. The number of halogens is 1. The zero-order valence-electron chi connectivity index (χ0n) is 13.8. The number of allylic oxidation sites excluding steroid dienone is 4. The molecule has 0 unspecified atom stereocenters. The molecule has 5 rings (SSSR count). The highest BCUT2D eigenvalue weighted by Crippen LogP contribution is 2.35. The zero-order valence-corrected chi connectivity index (χ0v) is 14.6. The molecule has 4 nitrogen and oxygen atoms in total. The van der Waals surface area contributed by atoms with Gasteiger partial charge in [0.1, 0.15) is 11.2 Å². The van der Waals surface area contributed by atoms with Gasteiger partial charge in [0.2, 0.25) is 5.28 Å². The largest absolute Gasteiger partial charge is 0.456 e. The first-order valence-electron chi connectivity index (χ1n) is 8.48. The Kier molecular flexibility index (Phi) is 3.57. The molecular formula is C21H14ClN3O. The molecule has 5 heteroatoms. The van der Waals surface area contributed by atoms with E-state index < -0.39 is 0 Å². The molecule has 4 aromatic rings. The Bertz CT molecular complexity index is 1210. The van der Waals surface area contributed by atoms with Crippen molar-refractivity contribution in [2.45, 2.75) is 12.8 Å². The molecule has 0 radical (unpaired) electrons. The van der Waals surface area contributed by atoms with Gasteiger partial charge in [-0.05, 0) is 42.1 Å². The first kappa shape index (κ1) is 15.3. The van der Waals surface area contributed by atoms with Crippen LogP contribution in [0.1, 0.15) is 18.7 Å². The SMILES string of the molecule is Clc1nc(C2=CC=CCC2)nc(-c2cccc3oc4ccccc4c23)n1. The maximum Gasteiger partial charge on any atom is 0.226 e. The van der Waals surface area contributed by atoms with Crippen molar-refractivity contribution in [1.29, 1.82) is 0 Å². The number of hydrogen-bond donors (Lipinski definition) is 0. The van der Waals surface area contributed by atoms with Gasteiger partial charge in [-0.25, -0.2) is 4.98 Å². The minimum Gasteiger partial charge on any atom is -0.456 e. The molecule has 2 heterocycles. The number of aromatic nitrogens is 3. The Hall–Kier alpha value is -2.98.